The van der Waals surface area contributed by atoms with E-state index in [0.29, 0.717) is 17.5 Å². The molecule has 5 heteroatoms. The van der Waals surface area contributed by atoms with Gasteiger partial charge in [0, 0.05) is 11.3 Å². The van der Waals surface area contributed by atoms with Crippen molar-refractivity contribution in [3.8, 4) is 11.4 Å². The van der Waals surface area contributed by atoms with Gasteiger partial charge >= 0.3 is 0 Å². The third-order valence-corrected chi connectivity index (χ3v) is 3.99. The first-order valence-corrected chi connectivity index (χ1v) is 6.90. The second kappa shape index (κ2) is 4.57. The van der Waals surface area contributed by atoms with Gasteiger partial charge in [-0.2, -0.15) is 16.7 Å². The van der Waals surface area contributed by atoms with Crippen LogP contribution < -0.4 is 0 Å². The van der Waals surface area contributed by atoms with Crippen LogP contribution in [0.3, 0.4) is 0 Å². The highest BCUT2D eigenvalue weighted by atomic mass is 32.2. The topological polar surface area (TPSA) is 56.0 Å². The van der Waals surface area contributed by atoms with Crippen LogP contribution in [0.25, 0.3) is 11.4 Å². The number of Topliss-reactive ketones (excluding diaryl/α,β-unsaturated/α-hetero) is 1. The van der Waals surface area contributed by atoms with Crippen LogP contribution in [0.4, 0.5) is 0 Å². The van der Waals surface area contributed by atoms with Gasteiger partial charge in [0.25, 0.3) is 0 Å². The fourth-order valence-electron chi connectivity index (χ4n) is 1.96. The zero-order valence-electron chi connectivity index (χ0n) is 9.92. The fraction of sp³-hybridized carbons (Fsp3) is 0.308. The van der Waals surface area contributed by atoms with Crippen molar-refractivity contribution in [3.63, 3.8) is 0 Å². The molecule has 0 N–H and O–H groups in total. The molecule has 92 valence electrons. The average Bonchev–Trinajstić information content (AvgIpc) is 2.97. The maximum absolute atomic E-state index is 11.6. The Morgan fingerprint density at radius 2 is 2.33 bits per heavy atom. The molecule has 2 heterocycles. The van der Waals surface area contributed by atoms with E-state index in [9.17, 15) is 4.79 Å². The number of hydrogen-bond donors (Lipinski definition) is 0. The highest BCUT2D eigenvalue weighted by Gasteiger charge is 2.31. The molecule has 1 fully saturated rings. The highest BCUT2D eigenvalue weighted by molar-refractivity contribution is 8.00. The summed E-state index contributed by atoms with van der Waals surface area (Å²) in [6, 6.07) is 7.91. The number of aromatic nitrogens is 2. The van der Waals surface area contributed by atoms with Crippen LogP contribution in [0.1, 0.15) is 17.4 Å². The molecule has 1 aliphatic heterocycles. The van der Waals surface area contributed by atoms with Crippen LogP contribution in [0, 0.1) is 6.92 Å². The molecule has 1 aliphatic rings. The second-order valence-corrected chi connectivity index (χ2v) is 5.39. The van der Waals surface area contributed by atoms with Gasteiger partial charge in [-0.15, -0.1) is 0 Å². The number of aryl methyl sites for hydroxylation is 1. The maximum atomic E-state index is 11.6. The SMILES string of the molecule is Cc1cccc(-c2noc(C3CSCC3=O)n2)c1. The number of benzene rings is 1. The molecule has 4 nitrogen and oxygen atoms in total. The van der Waals surface area contributed by atoms with E-state index in [-0.39, 0.29) is 11.7 Å². The minimum absolute atomic E-state index is 0.180. The number of thioether (sulfide) groups is 1. The van der Waals surface area contributed by atoms with E-state index in [0.717, 1.165) is 16.9 Å². The minimum atomic E-state index is -0.221. The summed E-state index contributed by atoms with van der Waals surface area (Å²) in [5.41, 5.74) is 2.06. The molecule has 0 spiro atoms. The largest absolute Gasteiger partial charge is 0.338 e. The molecule has 3 rings (SSSR count). The smallest absolute Gasteiger partial charge is 0.238 e. The van der Waals surface area contributed by atoms with Crippen LogP contribution >= 0.6 is 11.8 Å². The lowest BCUT2D eigenvalue weighted by Crippen LogP contribution is -2.09. The number of ketones is 1. The lowest BCUT2D eigenvalue weighted by molar-refractivity contribution is -0.117. The van der Waals surface area contributed by atoms with E-state index in [1.54, 1.807) is 11.8 Å². The monoisotopic (exact) mass is 260 g/mol. The molecule has 2 aromatic rings. The van der Waals surface area contributed by atoms with Gasteiger partial charge in [-0.3, -0.25) is 4.79 Å². The molecule has 1 atom stereocenters. The Morgan fingerprint density at radius 3 is 3.06 bits per heavy atom. The van der Waals surface area contributed by atoms with E-state index < -0.39 is 0 Å². The summed E-state index contributed by atoms with van der Waals surface area (Å²) in [6.07, 6.45) is 0. The molecule has 0 bridgehead atoms. The zero-order valence-corrected chi connectivity index (χ0v) is 10.7. The first-order valence-electron chi connectivity index (χ1n) is 5.75. The first kappa shape index (κ1) is 11.5. The van der Waals surface area contributed by atoms with Crippen molar-refractivity contribution >= 4 is 17.5 Å². The van der Waals surface area contributed by atoms with Crippen LogP contribution in [-0.4, -0.2) is 27.4 Å². The van der Waals surface area contributed by atoms with Gasteiger partial charge in [-0.1, -0.05) is 28.9 Å². The molecule has 18 heavy (non-hydrogen) atoms. The third kappa shape index (κ3) is 2.06. The average molecular weight is 260 g/mol. The third-order valence-electron chi connectivity index (χ3n) is 2.93. The normalized spacial score (nSPS) is 19.4. The van der Waals surface area contributed by atoms with E-state index >= 15 is 0 Å². The number of nitrogens with zero attached hydrogens (tertiary/aromatic N) is 2. The molecule has 1 aromatic heterocycles. The van der Waals surface area contributed by atoms with Gasteiger partial charge in [0.1, 0.15) is 5.92 Å². The van der Waals surface area contributed by atoms with E-state index in [2.05, 4.69) is 10.1 Å². The van der Waals surface area contributed by atoms with Crippen molar-refractivity contribution < 1.29 is 9.32 Å². The Hall–Kier alpha value is -1.62. The van der Waals surface area contributed by atoms with Crippen molar-refractivity contribution in [2.45, 2.75) is 12.8 Å². The molecule has 1 aromatic carbocycles. The van der Waals surface area contributed by atoms with Crippen molar-refractivity contribution in [1.82, 2.24) is 10.1 Å². The predicted molar refractivity (Wildman–Crippen MR) is 69.5 cm³/mol. The summed E-state index contributed by atoms with van der Waals surface area (Å²) >= 11 is 1.62. The Labute approximate surface area is 109 Å². The number of carbonyl (C=O) groups is 1. The lowest BCUT2D eigenvalue weighted by Gasteiger charge is -1.98. The molecule has 1 unspecified atom stereocenters. The standard InChI is InChI=1S/C13H12N2O2S/c1-8-3-2-4-9(5-8)12-14-13(17-15-12)10-6-18-7-11(10)16/h2-5,10H,6-7H2,1H3. The Kier molecular flexibility index (Phi) is 2.91. The lowest BCUT2D eigenvalue weighted by atomic mass is 10.1. The molecule has 0 amide bonds. The van der Waals surface area contributed by atoms with Gasteiger partial charge in [-0.25, -0.2) is 0 Å². The molecular formula is C13H12N2O2S. The maximum Gasteiger partial charge on any atom is 0.238 e. The fourth-order valence-corrected chi connectivity index (χ4v) is 3.04. The molecule has 0 aliphatic carbocycles. The van der Waals surface area contributed by atoms with Crippen LogP contribution in [0.2, 0.25) is 0 Å². The summed E-state index contributed by atoms with van der Waals surface area (Å²) in [5, 5.41) is 3.96. The minimum Gasteiger partial charge on any atom is -0.338 e. The second-order valence-electron chi connectivity index (χ2n) is 4.36. The molecule has 0 radical (unpaired) electrons. The number of carbonyl (C=O) groups excluding carboxylic acids is 1. The van der Waals surface area contributed by atoms with Gasteiger partial charge < -0.3 is 4.52 Å². The Balaban J connectivity index is 1.92. The van der Waals surface area contributed by atoms with E-state index in [4.69, 9.17) is 4.52 Å². The van der Waals surface area contributed by atoms with Gasteiger partial charge in [0.05, 0.1) is 5.75 Å². The first-order chi connectivity index (χ1) is 8.74. The highest BCUT2D eigenvalue weighted by Crippen LogP contribution is 2.29. The van der Waals surface area contributed by atoms with Gasteiger partial charge in [0.15, 0.2) is 5.78 Å². The summed E-state index contributed by atoms with van der Waals surface area (Å²) in [5.74, 6) is 2.25. The number of hydrogen-bond acceptors (Lipinski definition) is 5. The quantitative estimate of drug-likeness (QED) is 0.830. The summed E-state index contributed by atoms with van der Waals surface area (Å²) < 4.78 is 5.22. The summed E-state index contributed by atoms with van der Waals surface area (Å²) in [7, 11) is 0. The van der Waals surface area contributed by atoms with Crippen LogP contribution in [-0.2, 0) is 4.79 Å². The van der Waals surface area contributed by atoms with Crippen LogP contribution in [0.5, 0.6) is 0 Å². The van der Waals surface area contributed by atoms with E-state index in [1.807, 2.05) is 31.2 Å². The Morgan fingerprint density at radius 1 is 1.44 bits per heavy atom. The molecule has 0 saturated carbocycles. The van der Waals surface area contributed by atoms with Crippen molar-refractivity contribution in [2.24, 2.45) is 0 Å². The van der Waals surface area contributed by atoms with Gasteiger partial charge in [0.2, 0.25) is 11.7 Å². The summed E-state index contributed by atoms with van der Waals surface area (Å²) in [4.78, 5) is 16.0. The van der Waals surface area contributed by atoms with Crippen LogP contribution in [0.15, 0.2) is 28.8 Å². The summed E-state index contributed by atoms with van der Waals surface area (Å²) in [6.45, 7) is 2.02. The van der Waals surface area contributed by atoms with Crippen molar-refractivity contribution in [2.75, 3.05) is 11.5 Å². The predicted octanol–water partition coefficient (Wildman–Crippen LogP) is 2.44. The van der Waals surface area contributed by atoms with Gasteiger partial charge in [-0.05, 0) is 13.0 Å². The van der Waals surface area contributed by atoms with E-state index in [1.165, 1.54) is 0 Å². The van der Waals surface area contributed by atoms with Crippen molar-refractivity contribution in [1.29, 1.82) is 0 Å². The Bertz CT molecular complexity index is 594. The molecule has 1 saturated heterocycles. The zero-order chi connectivity index (χ0) is 12.5. The van der Waals surface area contributed by atoms with Crippen molar-refractivity contribution in [3.05, 3.63) is 35.7 Å². The number of rotatable bonds is 2. The molecular weight excluding hydrogens is 248 g/mol.